The summed E-state index contributed by atoms with van der Waals surface area (Å²) in [5.74, 6) is -3.07. The number of aliphatic hydroxyl groups is 2. The van der Waals surface area contributed by atoms with Gasteiger partial charge in [0.25, 0.3) is 0 Å². The molecule has 11 atom stereocenters. The van der Waals surface area contributed by atoms with Gasteiger partial charge in [-0.25, -0.2) is 0 Å². The Morgan fingerprint density at radius 2 is 1.32 bits per heavy atom. The summed E-state index contributed by atoms with van der Waals surface area (Å²) in [5.41, 5.74) is 0. The minimum atomic E-state index is -1.56. The Balaban J connectivity index is 1.98. The molecular weight excluding hydrogens is 504 g/mol. The van der Waals surface area contributed by atoms with Gasteiger partial charge in [0, 0.05) is 27.7 Å². The fraction of sp³-hybridized carbons (Fsp3) is 0.818. The minimum Gasteiger partial charge on any atom is -0.463 e. The smallest absolute Gasteiger partial charge is 0.303 e. The Hall–Kier alpha value is -2.40. The standard InChI is InChI=1S/C22H32O15/c1-8(24)29-7-14-16(30-9(2)25)18(31-10(3)26)20(32-11(4)27)22(36-14)37-17-15(28)13(6-23)35-21-19(17)33-12(5)34-21/h12-23,28H,6-7H2,1-5H3/t12?,13-,14-,15-,16-,17+,18+,19-,20-,21+,22-/m1/s1. The molecule has 3 aliphatic rings. The summed E-state index contributed by atoms with van der Waals surface area (Å²) in [6, 6.07) is 0. The molecule has 3 saturated heterocycles. The lowest BCUT2D eigenvalue weighted by molar-refractivity contribution is -0.346. The minimum absolute atomic E-state index is 0.448. The van der Waals surface area contributed by atoms with E-state index >= 15 is 0 Å². The van der Waals surface area contributed by atoms with Crippen LogP contribution in [0.1, 0.15) is 34.6 Å². The fourth-order valence-corrected chi connectivity index (χ4v) is 4.35. The van der Waals surface area contributed by atoms with Gasteiger partial charge < -0.3 is 52.8 Å². The summed E-state index contributed by atoms with van der Waals surface area (Å²) >= 11 is 0. The van der Waals surface area contributed by atoms with E-state index < -0.39 is 105 Å². The first-order valence-electron chi connectivity index (χ1n) is 11.6. The highest BCUT2D eigenvalue weighted by Gasteiger charge is 2.57. The third-order valence-corrected chi connectivity index (χ3v) is 5.71. The average Bonchev–Trinajstić information content (AvgIpc) is 3.16. The lowest BCUT2D eigenvalue weighted by atomic mass is 9.96. The van der Waals surface area contributed by atoms with Gasteiger partial charge in [-0.2, -0.15) is 0 Å². The molecule has 0 aromatic rings. The number of hydrogen-bond acceptors (Lipinski definition) is 15. The molecule has 15 heteroatoms. The maximum absolute atomic E-state index is 12.0. The van der Waals surface area contributed by atoms with Crippen LogP contribution < -0.4 is 0 Å². The quantitative estimate of drug-likeness (QED) is 0.263. The normalized spacial score (nSPS) is 39.3. The van der Waals surface area contributed by atoms with Crippen LogP contribution in [0.15, 0.2) is 0 Å². The Bertz CT molecular complexity index is 848. The maximum Gasteiger partial charge on any atom is 0.303 e. The van der Waals surface area contributed by atoms with Crippen LogP contribution in [0.25, 0.3) is 0 Å². The largest absolute Gasteiger partial charge is 0.463 e. The van der Waals surface area contributed by atoms with Crippen LogP contribution in [0.2, 0.25) is 0 Å². The summed E-state index contributed by atoms with van der Waals surface area (Å²) in [7, 11) is 0. The topological polar surface area (TPSA) is 192 Å². The van der Waals surface area contributed by atoms with E-state index in [1.165, 1.54) is 0 Å². The lowest BCUT2D eigenvalue weighted by Crippen LogP contribution is -2.66. The molecule has 3 aliphatic heterocycles. The van der Waals surface area contributed by atoms with Gasteiger partial charge in [0.1, 0.15) is 37.1 Å². The van der Waals surface area contributed by atoms with Gasteiger partial charge in [0.05, 0.1) is 6.61 Å². The predicted molar refractivity (Wildman–Crippen MR) is 114 cm³/mol. The highest BCUT2D eigenvalue weighted by molar-refractivity contribution is 5.68. The number of carbonyl (C=O) groups excluding carboxylic acids is 4. The Morgan fingerprint density at radius 1 is 0.730 bits per heavy atom. The molecule has 37 heavy (non-hydrogen) atoms. The molecule has 15 nitrogen and oxygen atoms in total. The number of aliphatic hydroxyl groups excluding tert-OH is 2. The number of esters is 4. The van der Waals surface area contributed by atoms with Gasteiger partial charge in [-0.05, 0) is 6.92 Å². The first-order valence-corrected chi connectivity index (χ1v) is 11.6. The molecule has 0 saturated carbocycles. The fourth-order valence-electron chi connectivity index (χ4n) is 4.35. The number of hydrogen-bond donors (Lipinski definition) is 2. The molecule has 2 N–H and O–H groups in total. The van der Waals surface area contributed by atoms with E-state index in [4.69, 9.17) is 42.6 Å². The zero-order chi connectivity index (χ0) is 27.4. The molecule has 3 fully saturated rings. The molecule has 0 aromatic heterocycles. The summed E-state index contributed by atoms with van der Waals surface area (Å²) in [6.07, 6.45) is -13.7. The Morgan fingerprint density at radius 3 is 1.89 bits per heavy atom. The molecule has 3 rings (SSSR count). The molecule has 0 aliphatic carbocycles. The molecule has 3 heterocycles. The highest BCUT2D eigenvalue weighted by Crippen LogP contribution is 2.36. The van der Waals surface area contributed by atoms with Crippen molar-refractivity contribution in [3.05, 3.63) is 0 Å². The first kappa shape index (κ1) is 29.2. The Labute approximate surface area is 212 Å². The van der Waals surface area contributed by atoms with Gasteiger partial charge in [-0.3, -0.25) is 19.2 Å². The first-order chi connectivity index (χ1) is 17.4. The van der Waals surface area contributed by atoms with Crippen molar-refractivity contribution < 1.29 is 72.0 Å². The van der Waals surface area contributed by atoms with E-state index in [9.17, 15) is 29.4 Å². The van der Waals surface area contributed by atoms with Gasteiger partial charge in [0.15, 0.2) is 37.2 Å². The Kier molecular flexibility index (Phi) is 9.80. The van der Waals surface area contributed by atoms with Crippen LogP contribution >= 0.6 is 0 Å². The summed E-state index contributed by atoms with van der Waals surface area (Å²) < 4.78 is 49.8. The van der Waals surface area contributed by atoms with Gasteiger partial charge in [-0.1, -0.05) is 0 Å². The maximum atomic E-state index is 12.0. The number of fused-ring (bicyclic) bond motifs is 1. The van der Waals surface area contributed by atoms with Crippen LogP contribution in [0, 0.1) is 0 Å². The van der Waals surface area contributed by atoms with Crippen LogP contribution in [0.3, 0.4) is 0 Å². The molecule has 0 aromatic carbocycles. The van der Waals surface area contributed by atoms with Crippen molar-refractivity contribution in [3.63, 3.8) is 0 Å². The van der Waals surface area contributed by atoms with Crippen LogP contribution in [-0.4, -0.2) is 115 Å². The average molecular weight is 536 g/mol. The van der Waals surface area contributed by atoms with E-state index in [1.54, 1.807) is 6.92 Å². The van der Waals surface area contributed by atoms with E-state index in [-0.39, 0.29) is 0 Å². The van der Waals surface area contributed by atoms with Crippen LogP contribution in [0.5, 0.6) is 0 Å². The number of carbonyl (C=O) groups is 4. The molecular formula is C22H32O15. The monoisotopic (exact) mass is 536 g/mol. The third-order valence-electron chi connectivity index (χ3n) is 5.71. The van der Waals surface area contributed by atoms with E-state index in [1.807, 2.05) is 0 Å². The van der Waals surface area contributed by atoms with Crippen molar-refractivity contribution in [2.75, 3.05) is 13.2 Å². The second-order valence-corrected chi connectivity index (χ2v) is 8.69. The van der Waals surface area contributed by atoms with Gasteiger partial charge in [-0.15, -0.1) is 0 Å². The van der Waals surface area contributed by atoms with E-state index in [0.717, 1.165) is 27.7 Å². The second kappa shape index (κ2) is 12.4. The van der Waals surface area contributed by atoms with E-state index in [0.29, 0.717) is 0 Å². The SMILES string of the molecule is CC(=O)OC[C@H]1O[C@H](O[C@H]2[C@H](O)[C@@H](CO)O[C@@H]3OC(C)O[C@@H]32)[C@H](OC(C)=O)[C@@H](OC(C)=O)[C@@H]1OC(C)=O. The second-order valence-electron chi connectivity index (χ2n) is 8.69. The predicted octanol–water partition coefficient (Wildman–Crippen LogP) is -1.71. The van der Waals surface area contributed by atoms with Crippen molar-refractivity contribution in [3.8, 4) is 0 Å². The van der Waals surface area contributed by atoms with Gasteiger partial charge in [0.2, 0.25) is 0 Å². The highest BCUT2D eigenvalue weighted by atomic mass is 16.8. The lowest BCUT2D eigenvalue weighted by Gasteiger charge is -2.47. The molecule has 0 bridgehead atoms. The van der Waals surface area contributed by atoms with Crippen molar-refractivity contribution in [1.82, 2.24) is 0 Å². The summed E-state index contributed by atoms with van der Waals surface area (Å²) in [6.45, 7) is 4.98. The zero-order valence-corrected chi connectivity index (χ0v) is 21.0. The van der Waals surface area contributed by atoms with Crippen molar-refractivity contribution in [2.24, 2.45) is 0 Å². The van der Waals surface area contributed by atoms with Gasteiger partial charge >= 0.3 is 23.9 Å². The molecule has 0 radical (unpaired) electrons. The molecule has 1 unspecified atom stereocenters. The van der Waals surface area contributed by atoms with Crippen molar-refractivity contribution in [1.29, 1.82) is 0 Å². The van der Waals surface area contributed by atoms with E-state index in [2.05, 4.69) is 0 Å². The number of rotatable bonds is 8. The third kappa shape index (κ3) is 7.13. The van der Waals surface area contributed by atoms with Crippen LogP contribution in [0.4, 0.5) is 0 Å². The molecule has 210 valence electrons. The van der Waals surface area contributed by atoms with Crippen LogP contribution in [-0.2, 0) is 61.8 Å². The summed E-state index contributed by atoms with van der Waals surface area (Å²) in [4.78, 5) is 47.3. The molecule has 0 amide bonds. The van der Waals surface area contributed by atoms with Crippen molar-refractivity contribution >= 4 is 23.9 Å². The van der Waals surface area contributed by atoms with Crippen molar-refractivity contribution in [2.45, 2.75) is 102 Å². The molecule has 0 spiro atoms. The number of ether oxygens (including phenoxy) is 9. The summed E-state index contributed by atoms with van der Waals surface area (Å²) in [5, 5.41) is 20.5. The zero-order valence-electron chi connectivity index (χ0n) is 21.0.